The number of alkyl carbamates (subject to hydrolysis) is 1. The molecule has 95 heavy (non-hydrogen) atoms. The largest absolute Gasteiger partial charge is 0.444 e. The normalized spacial score (nSPS) is 14.4. The Kier molecular flexibility index (Phi) is 28.2. The number of hydrogen-bond acceptors (Lipinski definition) is 20. The number of hydrogen-bond donors (Lipinski definition) is 4. The van der Waals surface area contributed by atoms with E-state index in [0.717, 1.165) is 95.5 Å². The van der Waals surface area contributed by atoms with Crippen molar-refractivity contribution in [3.63, 3.8) is 0 Å². The van der Waals surface area contributed by atoms with Crippen molar-refractivity contribution in [2.75, 3.05) is 119 Å². The van der Waals surface area contributed by atoms with E-state index in [4.69, 9.17) is 71.1 Å². The number of amides is 4. The summed E-state index contributed by atoms with van der Waals surface area (Å²) < 4.78 is 50.5. The van der Waals surface area contributed by atoms with Crippen LogP contribution < -0.4 is 21.3 Å². The van der Waals surface area contributed by atoms with Gasteiger partial charge in [0, 0.05) is 73.6 Å². The van der Waals surface area contributed by atoms with Gasteiger partial charge in [0.1, 0.15) is 45.9 Å². The van der Waals surface area contributed by atoms with Crippen LogP contribution in [0, 0.1) is 47.0 Å². The first-order valence-corrected chi connectivity index (χ1v) is 34.5. The fourth-order valence-corrected chi connectivity index (χ4v) is 13.2. The van der Waals surface area contributed by atoms with Gasteiger partial charge in [0.2, 0.25) is 17.7 Å². The van der Waals surface area contributed by atoms with Gasteiger partial charge in [-0.15, -0.1) is 43.1 Å². The van der Waals surface area contributed by atoms with Gasteiger partial charge in [0.15, 0.2) is 11.6 Å². The third kappa shape index (κ3) is 21.7. The molecule has 0 fully saturated rings. The third-order valence-corrected chi connectivity index (χ3v) is 18.4. The highest BCUT2D eigenvalue weighted by molar-refractivity contribution is 7.15. The van der Waals surface area contributed by atoms with Gasteiger partial charge in [0.05, 0.1) is 110 Å². The number of nitrogens with one attached hydrogen (secondary N) is 4. The summed E-state index contributed by atoms with van der Waals surface area (Å²) in [5, 5.41) is 32.6. The minimum absolute atomic E-state index is 0.0638. The van der Waals surface area contributed by atoms with Crippen molar-refractivity contribution in [3.05, 3.63) is 125 Å². The molecule has 8 rings (SSSR count). The number of aromatic nitrogens is 6. The Morgan fingerprint density at radius 3 is 1.31 bits per heavy atom. The van der Waals surface area contributed by atoms with Crippen molar-refractivity contribution >= 4 is 81.1 Å². The predicted octanol–water partition coefficient (Wildman–Crippen LogP) is 9.56. The van der Waals surface area contributed by atoms with Crippen LogP contribution in [0.25, 0.3) is 10.0 Å². The number of fused-ring (bicyclic) bond motifs is 6. The van der Waals surface area contributed by atoms with Crippen molar-refractivity contribution in [1.82, 2.24) is 50.8 Å². The van der Waals surface area contributed by atoms with Crippen molar-refractivity contribution in [2.45, 2.75) is 119 Å². The summed E-state index contributed by atoms with van der Waals surface area (Å²) in [5.74, 6) is 2.01. The summed E-state index contributed by atoms with van der Waals surface area (Å²) in [7, 11) is 0. The minimum atomic E-state index is -0.629. The van der Waals surface area contributed by atoms with E-state index in [1.54, 1.807) is 22.7 Å². The Morgan fingerprint density at radius 2 is 0.874 bits per heavy atom. The SMILES string of the molecule is Cc1sc2c(c1C)C(c1ccc(Cl)cc1)=N[C@H](CC(=O)NCCOCCOCCOCC(C)(COCCOCCOCCNC(=O)C[C@H]1N=C(c3ccc(Cl)cc3)c3c(sc(C)c3C)-n3c(C)nnc31)COCC(=O)NCCCCCNC(=O)OC(C)(C)C)c1nnc(C)n1-2. The Balaban J connectivity index is 0.714. The van der Waals surface area contributed by atoms with E-state index >= 15 is 0 Å². The van der Waals surface area contributed by atoms with Crippen LogP contribution >= 0.6 is 45.9 Å². The molecule has 28 heteroatoms. The highest BCUT2D eigenvalue weighted by Crippen LogP contribution is 2.41. The topological polar surface area (TPSA) is 276 Å². The summed E-state index contributed by atoms with van der Waals surface area (Å²) in [4.78, 5) is 64.2. The first-order valence-electron chi connectivity index (χ1n) is 32.1. The van der Waals surface area contributed by atoms with Gasteiger partial charge in [-0.2, -0.15) is 0 Å². The van der Waals surface area contributed by atoms with Gasteiger partial charge in [-0.25, -0.2) is 4.79 Å². The van der Waals surface area contributed by atoms with E-state index in [0.29, 0.717) is 87.5 Å². The zero-order chi connectivity index (χ0) is 68.1. The lowest BCUT2D eigenvalue weighted by Gasteiger charge is -2.29. The van der Waals surface area contributed by atoms with Gasteiger partial charge in [-0.1, -0.05) is 54.4 Å². The molecule has 516 valence electrons. The highest BCUT2D eigenvalue weighted by atomic mass is 35.5. The molecule has 6 heterocycles. The van der Waals surface area contributed by atoms with Crippen LogP contribution in [0.5, 0.6) is 0 Å². The highest BCUT2D eigenvalue weighted by Gasteiger charge is 2.35. The molecule has 6 aromatic rings. The third-order valence-electron chi connectivity index (χ3n) is 15.5. The molecule has 2 atom stereocenters. The minimum Gasteiger partial charge on any atom is -0.444 e. The number of rotatable bonds is 38. The molecule has 0 saturated heterocycles. The quantitative estimate of drug-likeness (QED) is 0.0263. The summed E-state index contributed by atoms with van der Waals surface area (Å²) in [6.45, 7) is 24.7. The predicted molar refractivity (Wildman–Crippen MR) is 367 cm³/mol. The number of nitrogens with zero attached hydrogens (tertiary/aromatic N) is 8. The summed E-state index contributed by atoms with van der Waals surface area (Å²) in [6.07, 6.45) is 1.97. The molecule has 4 N–H and O–H groups in total. The number of carbonyl (C=O) groups excluding carboxylic acids is 4. The second kappa shape index (κ2) is 36.1. The lowest BCUT2D eigenvalue weighted by Crippen LogP contribution is -2.37. The molecule has 0 radical (unpaired) electrons. The number of benzene rings is 2. The zero-order valence-electron chi connectivity index (χ0n) is 56.1. The number of unbranched alkanes of at least 4 members (excludes halogenated alkanes) is 2. The van der Waals surface area contributed by atoms with Gasteiger partial charge in [-0.05, 0) is 117 Å². The fourth-order valence-electron chi connectivity index (χ4n) is 10.5. The van der Waals surface area contributed by atoms with Crippen LogP contribution in [0.15, 0.2) is 58.5 Å². The Hall–Kier alpha value is -6.56. The molecule has 4 amide bonds. The van der Waals surface area contributed by atoms with Crippen molar-refractivity contribution in [3.8, 4) is 10.0 Å². The van der Waals surface area contributed by atoms with Crippen molar-refractivity contribution < 1.29 is 57.1 Å². The monoisotopic (exact) mass is 1390 g/mol. The van der Waals surface area contributed by atoms with Crippen LogP contribution in [-0.4, -0.2) is 189 Å². The lowest BCUT2D eigenvalue weighted by molar-refractivity contribution is -0.129. The maximum Gasteiger partial charge on any atom is 0.407 e. The number of carbonyl (C=O) groups is 4. The molecule has 2 aliphatic heterocycles. The summed E-state index contributed by atoms with van der Waals surface area (Å²) in [5.41, 5.74) is 6.39. The number of ether oxygens (including phenoxy) is 8. The fraction of sp³-hybridized carbons (Fsp3) is 0.552. The molecule has 2 aliphatic rings. The summed E-state index contributed by atoms with van der Waals surface area (Å²) >= 11 is 15.9. The van der Waals surface area contributed by atoms with Gasteiger partial charge in [0.25, 0.3) is 0 Å². The van der Waals surface area contributed by atoms with Crippen LogP contribution in [0.2, 0.25) is 10.0 Å². The van der Waals surface area contributed by atoms with E-state index in [9.17, 15) is 19.2 Å². The van der Waals surface area contributed by atoms with E-state index in [2.05, 4.69) is 69.4 Å². The van der Waals surface area contributed by atoms with Crippen molar-refractivity contribution in [1.29, 1.82) is 0 Å². The summed E-state index contributed by atoms with van der Waals surface area (Å²) in [6, 6.07) is 14.0. The lowest BCUT2D eigenvalue weighted by atomic mass is 9.94. The van der Waals surface area contributed by atoms with E-state index in [1.807, 2.05) is 99.2 Å². The van der Waals surface area contributed by atoms with Crippen LogP contribution in [0.3, 0.4) is 0 Å². The number of thiophene rings is 2. The van der Waals surface area contributed by atoms with Crippen LogP contribution in [0.1, 0.15) is 138 Å². The Labute approximate surface area is 573 Å². The van der Waals surface area contributed by atoms with Gasteiger partial charge in [-0.3, -0.25) is 33.5 Å². The van der Waals surface area contributed by atoms with Crippen LogP contribution in [-0.2, 0) is 52.3 Å². The molecular formula is C67H90Cl2N12O12S2. The first kappa shape index (κ1) is 74.2. The number of aryl methyl sites for hydroxylation is 4. The smallest absolute Gasteiger partial charge is 0.407 e. The van der Waals surface area contributed by atoms with Gasteiger partial charge >= 0.3 is 6.09 Å². The molecule has 0 saturated carbocycles. The molecular weight excluding hydrogens is 1300 g/mol. The number of aliphatic imine (C=N–C) groups is 2. The molecule has 2 aromatic carbocycles. The molecule has 24 nitrogen and oxygen atoms in total. The second-order valence-corrected chi connectivity index (χ2v) is 27.9. The molecule has 0 bridgehead atoms. The maximum absolute atomic E-state index is 13.4. The molecule has 4 aromatic heterocycles. The standard InChI is InChI=1S/C67H90Cl2N12O12S2/c1-42-44(3)94-63-57(42)59(48-14-18-50(68)19-15-48)74-52(61-78-76-46(5)80(61)63)36-54(82)71-24-26-86-28-30-88-32-34-90-39-67(10,41-92-38-56(84)70-22-12-11-13-23-73-65(85)93-66(7,8)9)40-91-35-33-89-31-29-87-27-25-72-55(83)37-53-62-79-77-47(6)81(62)64-58(43(2)45(4)95-64)60(75-53)49-16-20-51(69)21-17-49/h14-21,52-53H,11-13,22-41H2,1-10H3,(H,70,84)(H,71,82)(H,72,83)(H,73,85)/t52-,53-/m1/s1. The Morgan fingerprint density at radius 1 is 0.484 bits per heavy atom. The van der Waals surface area contributed by atoms with E-state index < -0.39 is 29.2 Å². The Bertz CT molecular complexity index is 3380. The van der Waals surface area contributed by atoms with E-state index in [1.165, 1.54) is 0 Å². The molecule has 0 spiro atoms. The zero-order valence-corrected chi connectivity index (χ0v) is 59.2. The molecule has 0 unspecified atom stereocenters. The van der Waals surface area contributed by atoms with Gasteiger partial charge < -0.3 is 59.2 Å². The maximum atomic E-state index is 13.4. The average molecular weight is 1390 g/mol. The first-order chi connectivity index (χ1) is 45.6. The second-order valence-electron chi connectivity index (χ2n) is 24.6. The van der Waals surface area contributed by atoms with Crippen molar-refractivity contribution in [2.24, 2.45) is 15.4 Å². The average Bonchev–Trinajstić information content (AvgIpc) is 1.60. The number of halogens is 2. The van der Waals surface area contributed by atoms with E-state index in [-0.39, 0.29) is 83.4 Å². The van der Waals surface area contributed by atoms with Crippen LogP contribution in [0.4, 0.5) is 4.79 Å². The molecule has 0 aliphatic carbocycles.